The molecule has 1 heterocycles. The van der Waals surface area contributed by atoms with Crippen molar-refractivity contribution in [3.05, 3.63) is 65.7 Å². The first-order valence-electron chi connectivity index (χ1n) is 10.3. The van der Waals surface area contributed by atoms with Gasteiger partial charge in [-0.05, 0) is 60.7 Å². The highest BCUT2D eigenvalue weighted by atomic mass is 32.2. The molecular formula is C23H29N3O3S. The van der Waals surface area contributed by atoms with Crippen LogP contribution in [0.3, 0.4) is 0 Å². The summed E-state index contributed by atoms with van der Waals surface area (Å²) in [7, 11) is -3.68. The Morgan fingerprint density at radius 3 is 2.20 bits per heavy atom. The largest absolute Gasteiger partial charge is 0.372 e. The zero-order valence-corrected chi connectivity index (χ0v) is 17.9. The summed E-state index contributed by atoms with van der Waals surface area (Å²) in [4.78, 5) is 14.6. The first kappa shape index (κ1) is 22.1. The van der Waals surface area contributed by atoms with Gasteiger partial charge in [0.05, 0.1) is 4.90 Å². The highest BCUT2D eigenvalue weighted by Crippen LogP contribution is 2.20. The molecule has 2 aromatic carbocycles. The zero-order valence-electron chi connectivity index (χ0n) is 17.1. The van der Waals surface area contributed by atoms with Gasteiger partial charge in [-0.1, -0.05) is 37.1 Å². The Hall–Kier alpha value is -2.64. The average molecular weight is 428 g/mol. The van der Waals surface area contributed by atoms with Crippen LogP contribution < -0.4 is 15.4 Å². The van der Waals surface area contributed by atoms with Crippen molar-refractivity contribution in [1.82, 2.24) is 5.32 Å². The van der Waals surface area contributed by atoms with Gasteiger partial charge in [-0.15, -0.1) is 0 Å². The maximum atomic E-state index is 12.0. The molecule has 6 nitrogen and oxygen atoms in total. The van der Waals surface area contributed by atoms with Crippen molar-refractivity contribution < 1.29 is 13.2 Å². The van der Waals surface area contributed by atoms with Gasteiger partial charge < -0.3 is 10.2 Å². The number of sulfonamides is 1. The number of carbonyl (C=O) groups excluding carboxylic acids is 1. The topological polar surface area (TPSA) is 92.5 Å². The van der Waals surface area contributed by atoms with Crippen LogP contribution in [0.1, 0.15) is 36.8 Å². The van der Waals surface area contributed by atoms with Crippen molar-refractivity contribution in [3.63, 3.8) is 0 Å². The van der Waals surface area contributed by atoms with E-state index in [0.29, 0.717) is 13.0 Å². The molecule has 0 atom stereocenters. The van der Waals surface area contributed by atoms with Crippen LogP contribution in [-0.4, -0.2) is 34.0 Å². The molecule has 1 aliphatic rings. The number of benzene rings is 2. The van der Waals surface area contributed by atoms with Gasteiger partial charge in [0.2, 0.25) is 15.9 Å². The van der Waals surface area contributed by atoms with Crippen LogP contribution in [0.5, 0.6) is 0 Å². The molecule has 0 aromatic heterocycles. The van der Waals surface area contributed by atoms with Crippen molar-refractivity contribution in [3.8, 4) is 0 Å². The fourth-order valence-electron chi connectivity index (χ4n) is 3.53. The van der Waals surface area contributed by atoms with E-state index in [0.717, 1.165) is 24.2 Å². The van der Waals surface area contributed by atoms with Gasteiger partial charge >= 0.3 is 0 Å². The molecule has 3 N–H and O–H groups in total. The van der Waals surface area contributed by atoms with Crippen LogP contribution in [-0.2, 0) is 21.2 Å². The second-order valence-corrected chi connectivity index (χ2v) is 9.12. The molecule has 1 aliphatic heterocycles. The Morgan fingerprint density at radius 1 is 0.967 bits per heavy atom. The molecule has 0 saturated carbocycles. The third-order valence-electron chi connectivity index (χ3n) is 5.26. The van der Waals surface area contributed by atoms with Crippen LogP contribution in [0, 0.1) is 0 Å². The normalized spacial score (nSPS) is 15.2. The van der Waals surface area contributed by atoms with Crippen molar-refractivity contribution in [2.24, 2.45) is 5.14 Å². The minimum atomic E-state index is -3.68. The monoisotopic (exact) mass is 427 g/mol. The molecule has 3 rings (SSSR count). The van der Waals surface area contributed by atoms with Crippen LogP contribution in [0.2, 0.25) is 0 Å². The summed E-state index contributed by atoms with van der Waals surface area (Å²) < 4.78 is 22.5. The van der Waals surface area contributed by atoms with Gasteiger partial charge in [0.15, 0.2) is 0 Å². The summed E-state index contributed by atoms with van der Waals surface area (Å²) in [6, 6.07) is 14.7. The molecule has 2 aromatic rings. The molecular weight excluding hydrogens is 398 g/mol. The van der Waals surface area contributed by atoms with Gasteiger partial charge in [-0.25, -0.2) is 13.6 Å². The zero-order chi connectivity index (χ0) is 21.4. The number of carbonyl (C=O) groups is 1. The van der Waals surface area contributed by atoms with Gasteiger partial charge in [0, 0.05) is 31.4 Å². The van der Waals surface area contributed by atoms with E-state index < -0.39 is 10.0 Å². The van der Waals surface area contributed by atoms with Crippen LogP contribution in [0.15, 0.2) is 59.5 Å². The lowest BCUT2D eigenvalue weighted by Crippen LogP contribution is -2.23. The lowest BCUT2D eigenvalue weighted by molar-refractivity contribution is -0.116. The Morgan fingerprint density at radius 2 is 1.60 bits per heavy atom. The second-order valence-electron chi connectivity index (χ2n) is 7.56. The van der Waals surface area contributed by atoms with E-state index in [1.165, 1.54) is 49.6 Å². The standard InChI is InChI=1S/C23H29N3O3S/c24-30(28,29)22-12-7-20(8-13-22)15-16-25-23(27)14-9-19-5-10-21(11-6-19)26-17-3-1-2-4-18-26/h5-14H,1-4,15-18H2,(H,25,27)(H2,24,28,29)/b14-9+. The minimum Gasteiger partial charge on any atom is -0.372 e. The van der Waals surface area contributed by atoms with Crippen LogP contribution in [0.4, 0.5) is 5.69 Å². The summed E-state index contributed by atoms with van der Waals surface area (Å²) in [5, 5.41) is 7.92. The van der Waals surface area contributed by atoms with E-state index in [4.69, 9.17) is 5.14 Å². The van der Waals surface area contributed by atoms with E-state index in [-0.39, 0.29) is 10.8 Å². The van der Waals surface area contributed by atoms with E-state index in [2.05, 4.69) is 22.3 Å². The minimum absolute atomic E-state index is 0.0834. The molecule has 0 radical (unpaired) electrons. The van der Waals surface area contributed by atoms with Crippen molar-refractivity contribution in [1.29, 1.82) is 0 Å². The Labute approximate surface area is 178 Å². The van der Waals surface area contributed by atoms with Crippen LogP contribution in [0.25, 0.3) is 6.08 Å². The fraction of sp³-hybridized carbons (Fsp3) is 0.348. The molecule has 0 bridgehead atoms. The predicted octanol–water partition coefficient (Wildman–Crippen LogP) is 3.09. The number of nitrogens with one attached hydrogen (secondary N) is 1. The van der Waals surface area contributed by atoms with Crippen molar-refractivity contribution in [2.75, 3.05) is 24.5 Å². The molecule has 0 aliphatic carbocycles. The summed E-state index contributed by atoms with van der Waals surface area (Å²) in [6.45, 7) is 2.69. The quantitative estimate of drug-likeness (QED) is 0.664. The second kappa shape index (κ2) is 10.4. The van der Waals surface area contributed by atoms with E-state index in [1.54, 1.807) is 12.1 Å². The molecule has 30 heavy (non-hydrogen) atoms. The van der Waals surface area contributed by atoms with E-state index in [1.807, 2.05) is 18.2 Å². The van der Waals surface area contributed by atoms with Crippen molar-refractivity contribution >= 4 is 27.7 Å². The lowest BCUT2D eigenvalue weighted by Gasteiger charge is -2.22. The number of hydrogen-bond acceptors (Lipinski definition) is 4. The molecule has 1 saturated heterocycles. The number of nitrogens with zero attached hydrogens (tertiary/aromatic N) is 1. The van der Waals surface area contributed by atoms with Crippen molar-refractivity contribution in [2.45, 2.75) is 37.0 Å². The molecule has 1 amide bonds. The highest BCUT2D eigenvalue weighted by molar-refractivity contribution is 7.89. The maximum absolute atomic E-state index is 12.0. The Kier molecular flexibility index (Phi) is 7.65. The number of nitrogens with two attached hydrogens (primary N) is 1. The van der Waals surface area contributed by atoms with E-state index in [9.17, 15) is 13.2 Å². The summed E-state index contributed by atoms with van der Waals surface area (Å²) in [5.41, 5.74) is 3.16. The number of primary sulfonamides is 1. The summed E-state index contributed by atoms with van der Waals surface area (Å²) in [5.74, 6) is -0.159. The molecule has 0 unspecified atom stereocenters. The Balaban J connectivity index is 1.45. The van der Waals surface area contributed by atoms with Crippen LogP contribution >= 0.6 is 0 Å². The SMILES string of the molecule is NS(=O)(=O)c1ccc(CCNC(=O)/C=C/c2ccc(N3CCCCCC3)cc2)cc1. The van der Waals surface area contributed by atoms with Gasteiger partial charge in [0.1, 0.15) is 0 Å². The first-order chi connectivity index (χ1) is 14.4. The highest BCUT2D eigenvalue weighted by Gasteiger charge is 2.09. The van der Waals surface area contributed by atoms with Gasteiger partial charge in [-0.2, -0.15) is 0 Å². The number of anilines is 1. The molecule has 7 heteroatoms. The fourth-order valence-corrected chi connectivity index (χ4v) is 4.05. The smallest absolute Gasteiger partial charge is 0.244 e. The number of rotatable bonds is 7. The number of hydrogen-bond donors (Lipinski definition) is 2. The third-order valence-corrected chi connectivity index (χ3v) is 6.19. The lowest BCUT2D eigenvalue weighted by atomic mass is 10.1. The first-order valence-corrected chi connectivity index (χ1v) is 11.9. The van der Waals surface area contributed by atoms with E-state index >= 15 is 0 Å². The average Bonchev–Trinajstić information content (AvgIpc) is 3.02. The van der Waals surface area contributed by atoms with Gasteiger partial charge in [-0.3, -0.25) is 4.79 Å². The number of amides is 1. The Bertz CT molecular complexity index is 960. The molecule has 0 spiro atoms. The predicted molar refractivity (Wildman–Crippen MR) is 121 cm³/mol. The summed E-state index contributed by atoms with van der Waals surface area (Å²) >= 11 is 0. The molecule has 160 valence electrons. The molecule has 1 fully saturated rings. The maximum Gasteiger partial charge on any atom is 0.244 e. The third kappa shape index (κ3) is 6.71. The summed E-state index contributed by atoms with van der Waals surface area (Å²) in [6.07, 6.45) is 9.07. The van der Waals surface area contributed by atoms with Gasteiger partial charge in [0.25, 0.3) is 0 Å².